The normalized spacial score (nSPS) is 30.1. The molecule has 2 rings (SSSR count). The van der Waals surface area contributed by atoms with E-state index in [0.29, 0.717) is 24.3 Å². The van der Waals surface area contributed by atoms with Crippen LogP contribution in [-0.2, 0) is 9.53 Å². The molecule has 4 nitrogen and oxygen atoms in total. The summed E-state index contributed by atoms with van der Waals surface area (Å²) in [5, 5.41) is 3.52. The van der Waals surface area contributed by atoms with E-state index in [1.807, 2.05) is 11.8 Å². The summed E-state index contributed by atoms with van der Waals surface area (Å²) in [6.07, 6.45) is 4.16. The Morgan fingerprint density at radius 2 is 2.35 bits per heavy atom. The number of nitrogens with zero attached hydrogens (tertiary/aromatic N) is 1. The maximum Gasteiger partial charge on any atom is 0.222 e. The van der Waals surface area contributed by atoms with Crippen LogP contribution in [0.5, 0.6) is 0 Å². The van der Waals surface area contributed by atoms with Gasteiger partial charge < -0.3 is 15.0 Å². The Labute approximate surface area is 104 Å². The Balaban J connectivity index is 1.77. The number of ether oxygens (including phenoxy) is 1. The lowest BCUT2D eigenvalue weighted by molar-refractivity contribution is -0.131. The molecule has 0 spiro atoms. The molecule has 0 aromatic rings. The Morgan fingerprint density at radius 1 is 1.53 bits per heavy atom. The smallest absolute Gasteiger partial charge is 0.222 e. The SMILES string of the molecule is COC(C)CCC(=O)N1CC2CCCNC2C1. The fraction of sp³-hybridized carbons (Fsp3) is 0.923. The zero-order chi connectivity index (χ0) is 12.3. The summed E-state index contributed by atoms with van der Waals surface area (Å²) >= 11 is 0. The molecule has 2 heterocycles. The van der Waals surface area contributed by atoms with E-state index < -0.39 is 0 Å². The summed E-state index contributed by atoms with van der Waals surface area (Å²) in [5.74, 6) is 0.984. The fourth-order valence-electron chi connectivity index (χ4n) is 2.85. The minimum absolute atomic E-state index is 0.182. The van der Waals surface area contributed by atoms with Crippen LogP contribution in [0.3, 0.4) is 0 Å². The number of carbonyl (C=O) groups excluding carboxylic acids is 1. The quantitative estimate of drug-likeness (QED) is 0.797. The second-order valence-electron chi connectivity index (χ2n) is 5.35. The van der Waals surface area contributed by atoms with Gasteiger partial charge in [-0.1, -0.05) is 0 Å². The number of hydrogen-bond acceptors (Lipinski definition) is 3. The summed E-state index contributed by atoms with van der Waals surface area (Å²) < 4.78 is 5.17. The maximum absolute atomic E-state index is 12.1. The second kappa shape index (κ2) is 5.83. The second-order valence-corrected chi connectivity index (χ2v) is 5.35. The molecule has 2 aliphatic rings. The van der Waals surface area contributed by atoms with Gasteiger partial charge in [-0.25, -0.2) is 0 Å². The van der Waals surface area contributed by atoms with Crippen molar-refractivity contribution in [3.8, 4) is 0 Å². The molecule has 1 N–H and O–H groups in total. The first-order valence-electron chi connectivity index (χ1n) is 6.74. The zero-order valence-corrected chi connectivity index (χ0v) is 10.9. The van der Waals surface area contributed by atoms with Crippen molar-refractivity contribution < 1.29 is 9.53 Å². The summed E-state index contributed by atoms with van der Waals surface area (Å²) in [7, 11) is 1.70. The van der Waals surface area contributed by atoms with E-state index in [9.17, 15) is 4.79 Å². The first-order chi connectivity index (χ1) is 8.20. The van der Waals surface area contributed by atoms with Crippen molar-refractivity contribution in [3.05, 3.63) is 0 Å². The van der Waals surface area contributed by atoms with E-state index in [4.69, 9.17) is 4.74 Å². The summed E-state index contributed by atoms with van der Waals surface area (Å²) in [4.78, 5) is 14.1. The summed E-state index contributed by atoms with van der Waals surface area (Å²) in [6.45, 7) is 4.99. The number of fused-ring (bicyclic) bond motifs is 1. The molecule has 0 radical (unpaired) electrons. The van der Waals surface area contributed by atoms with Crippen molar-refractivity contribution in [2.24, 2.45) is 5.92 Å². The monoisotopic (exact) mass is 240 g/mol. The van der Waals surface area contributed by atoms with Crippen LogP contribution in [0.25, 0.3) is 0 Å². The van der Waals surface area contributed by atoms with Crippen molar-refractivity contribution in [3.63, 3.8) is 0 Å². The molecule has 2 aliphatic heterocycles. The van der Waals surface area contributed by atoms with Gasteiger partial charge in [0.05, 0.1) is 6.10 Å². The van der Waals surface area contributed by atoms with Crippen molar-refractivity contribution in [2.45, 2.75) is 44.8 Å². The molecule has 0 aliphatic carbocycles. The third kappa shape index (κ3) is 3.19. The van der Waals surface area contributed by atoms with Gasteiger partial charge in [0.25, 0.3) is 0 Å². The number of piperidine rings is 1. The van der Waals surface area contributed by atoms with Gasteiger partial charge in [0, 0.05) is 32.7 Å². The molecule has 2 fully saturated rings. The average Bonchev–Trinajstić information content (AvgIpc) is 2.79. The molecular formula is C13H24N2O2. The van der Waals surface area contributed by atoms with Gasteiger partial charge in [0.15, 0.2) is 0 Å². The Morgan fingerprint density at radius 3 is 3.06 bits per heavy atom. The standard InChI is InChI=1S/C13H24N2O2/c1-10(17-2)5-6-13(16)15-8-11-4-3-7-14-12(11)9-15/h10-12,14H,3-9H2,1-2H3. The molecule has 98 valence electrons. The van der Waals surface area contributed by atoms with Gasteiger partial charge in [-0.3, -0.25) is 4.79 Å². The van der Waals surface area contributed by atoms with E-state index in [0.717, 1.165) is 26.1 Å². The van der Waals surface area contributed by atoms with Crippen molar-refractivity contribution in [2.75, 3.05) is 26.7 Å². The minimum Gasteiger partial charge on any atom is -0.382 e. The fourth-order valence-corrected chi connectivity index (χ4v) is 2.85. The highest BCUT2D eigenvalue weighted by atomic mass is 16.5. The Bertz CT molecular complexity index is 256. The molecule has 0 bridgehead atoms. The van der Waals surface area contributed by atoms with E-state index >= 15 is 0 Å². The van der Waals surface area contributed by atoms with Crippen LogP contribution in [0.15, 0.2) is 0 Å². The van der Waals surface area contributed by atoms with Gasteiger partial charge in [0.2, 0.25) is 5.91 Å². The third-order valence-corrected chi connectivity index (χ3v) is 4.12. The predicted octanol–water partition coefficient (Wildman–Crippen LogP) is 1.01. The highest BCUT2D eigenvalue weighted by Crippen LogP contribution is 2.25. The topological polar surface area (TPSA) is 41.6 Å². The number of methoxy groups -OCH3 is 1. The van der Waals surface area contributed by atoms with Crippen LogP contribution >= 0.6 is 0 Å². The lowest BCUT2D eigenvalue weighted by Gasteiger charge is -2.24. The van der Waals surface area contributed by atoms with Crippen molar-refractivity contribution in [1.82, 2.24) is 10.2 Å². The van der Waals surface area contributed by atoms with E-state index in [2.05, 4.69) is 5.32 Å². The van der Waals surface area contributed by atoms with Gasteiger partial charge in [0.1, 0.15) is 0 Å². The van der Waals surface area contributed by atoms with Gasteiger partial charge in [-0.05, 0) is 38.6 Å². The first kappa shape index (κ1) is 12.8. The highest BCUT2D eigenvalue weighted by Gasteiger charge is 2.35. The number of carbonyl (C=O) groups is 1. The van der Waals surface area contributed by atoms with Crippen molar-refractivity contribution >= 4 is 5.91 Å². The summed E-state index contributed by atoms with van der Waals surface area (Å²) in [5.41, 5.74) is 0. The van der Waals surface area contributed by atoms with Crippen LogP contribution in [0.1, 0.15) is 32.6 Å². The van der Waals surface area contributed by atoms with Crippen LogP contribution in [0.2, 0.25) is 0 Å². The number of likely N-dealkylation sites (tertiary alicyclic amines) is 1. The van der Waals surface area contributed by atoms with Crippen LogP contribution in [-0.4, -0.2) is 49.7 Å². The molecule has 17 heavy (non-hydrogen) atoms. The lowest BCUT2D eigenvalue weighted by atomic mass is 9.94. The first-order valence-corrected chi connectivity index (χ1v) is 6.74. The Hall–Kier alpha value is -0.610. The molecule has 3 unspecified atom stereocenters. The van der Waals surface area contributed by atoms with Gasteiger partial charge in [-0.2, -0.15) is 0 Å². The minimum atomic E-state index is 0.182. The molecule has 3 atom stereocenters. The zero-order valence-electron chi connectivity index (χ0n) is 10.9. The molecule has 4 heteroatoms. The number of amides is 1. The molecule has 2 saturated heterocycles. The summed E-state index contributed by atoms with van der Waals surface area (Å²) in [6, 6.07) is 0.549. The molecule has 0 aromatic carbocycles. The van der Waals surface area contributed by atoms with Crippen LogP contribution < -0.4 is 5.32 Å². The predicted molar refractivity (Wildman–Crippen MR) is 66.8 cm³/mol. The highest BCUT2D eigenvalue weighted by molar-refractivity contribution is 5.76. The van der Waals surface area contributed by atoms with Crippen LogP contribution in [0.4, 0.5) is 0 Å². The molecule has 0 saturated carbocycles. The van der Waals surface area contributed by atoms with E-state index in [1.54, 1.807) is 7.11 Å². The third-order valence-electron chi connectivity index (χ3n) is 4.12. The molecule has 1 amide bonds. The average molecular weight is 240 g/mol. The van der Waals surface area contributed by atoms with Gasteiger partial charge >= 0.3 is 0 Å². The number of nitrogens with one attached hydrogen (secondary N) is 1. The number of hydrogen-bond donors (Lipinski definition) is 1. The lowest BCUT2D eigenvalue weighted by Crippen LogP contribution is -2.41. The maximum atomic E-state index is 12.1. The molecule has 0 aromatic heterocycles. The number of rotatable bonds is 4. The largest absolute Gasteiger partial charge is 0.382 e. The van der Waals surface area contributed by atoms with E-state index in [1.165, 1.54) is 12.8 Å². The van der Waals surface area contributed by atoms with E-state index in [-0.39, 0.29) is 6.10 Å². The van der Waals surface area contributed by atoms with Gasteiger partial charge in [-0.15, -0.1) is 0 Å². The molecular weight excluding hydrogens is 216 g/mol. The van der Waals surface area contributed by atoms with Crippen LogP contribution in [0, 0.1) is 5.92 Å². The Kier molecular flexibility index (Phi) is 4.40. The van der Waals surface area contributed by atoms with Crippen molar-refractivity contribution in [1.29, 1.82) is 0 Å².